The molecule has 1 amide bonds. The minimum atomic E-state index is -0.479. The van der Waals surface area contributed by atoms with Crippen molar-refractivity contribution in [2.24, 2.45) is 0 Å². The first kappa shape index (κ1) is 23.5. The standard InChI is InChI=1S/C25H31N5O4/c1-15-26-22(14-23(27-15)30(2)3)28-17-5-7-18(8-6-17)29-24(31)11-16-12-25(32)34-21-13-19(33-4)9-10-20(16)21/h9-10,12-14,17-18H,5-8,11H2,1-4H3,(H,29,31)(H,26,27,28). The van der Waals surface area contributed by atoms with Crippen LogP contribution in [0, 0.1) is 6.92 Å². The van der Waals surface area contributed by atoms with Gasteiger partial charge in [-0.2, -0.15) is 0 Å². The average molecular weight is 466 g/mol. The lowest BCUT2D eigenvalue weighted by Crippen LogP contribution is -2.41. The average Bonchev–Trinajstić information content (AvgIpc) is 2.79. The molecule has 0 radical (unpaired) electrons. The van der Waals surface area contributed by atoms with E-state index in [0.717, 1.165) is 48.5 Å². The fourth-order valence-electron chi connectivity index (χ4n) is 4.38. The third kappa shape index (κ3) is 5.65. The molecule has 180 valence electrons. The van der Waals surface area contributed by atoms with Crippen LogP contribution in [0.15, 0.2) is 39.5 Å². The molecule has 0 spiro atoms. The van der Waals surface area contributed by atoms with Crippen LogP contribution in [-0.4, -0.2) is 49.2 Å². The van der Waals surface area contributed by atoms with Crippen molar-refractivity contribution < 1.29 is 13.9 Å². The van der Waals surface area contributed by atoms with Crippen LogP contribution >= 0.6 is 0 Å². The van der Waals surface area contributed by atoms with E-state index in [1.54, 1.807) is 19.2 Å². The lowest BCUT2D eigenvalue weighted by atomic mass is 9.91. The highest BCUT2D eigenvalue weighted by atomic mass is 16.5. The van der Waals surface area contributed by atoms with Crippen molar-refractivity contribution in [3.05, 3.63) is 52.1 Å². The van der Waals surface area contributed by atoms with E-state index in [2.05, 4.69) is 20.6 Å². The van der Waals surface area contributed by atoms with Gasteiger partial charge in [-0.15, -0.1) is 0 Å². The van der Waals surface area contributed by atoms with Gasteiger partial charge in [0, 0.05) is 49.8 Å². The van der Waals surface area contributed by atoms with Crippen LogP contribution in [-0.2, 0) is 11.2 Å². The van der Waals surface area contributed by atoms with E-state index in [4.69, 9.17) is 9.15 Å². The van der Waals surface area contributed by atoms with E-state index in [1.165, 1.54) is 6.07 Å². The molecule has 3 aromatic rings. The molecule has 9 heteroatoms. The van der Waals surface area contributed by atoms with Gasteiger partial charge < -0.3 is 24.7 Å². The Labute approximate surface area is 198 Å². The predicted molar refractivity (Wildman–Crippen MR) is 132 cm³/mol. The van der Waals surface area contributed by atoms with E-state index in [1.807, 2.05) is 38.1 Å². The number of hydrogen-bond acceptors (Lipinski definition) is 8. The second-order valence-electron chi connectivity index (χ2n) is 8.94. The Morgan fingerprint density at radius 2 is 1.85 bits per heavy atom. The molecule has 1 saturated carbocycles. The second-order valence-corrected chi connectivity index (χ2v) is 8.94. The van der Waals surface area contributed by atoms with E-state index in [-0.39, 0.29) is 18.4 Å². The number of amides is 1. The minimum absolute atomic E-state index is 0.0961. The van der Waals surface area contributed by atoms with Crippen LogP contribution in [0.4, 0.5) is 11.6 Å². The summed E-state index contributed by atoms with van der Waals surface area (Å²) in [6.07, 6.45) is 3.75. The molecule has 1 fully saturated rings. The number of carbonyl (C=O) groups excluding carboxylic acids is 1. The van der Waals surface area contributed by atoms with Crippen molar-refractivity contribution in [3.8, 4) is 5.75 Å². The van der Waals surface area contributed by atoms with Crippen LogP contribution in [0.3, 0.4) is 0 Å². The molecular formula is C25H31N5O4. The maximum absolute atomic E-state index is 12.8. The van der Waals surface area contributed by atoms with Crippen LogP contribution in [0.2, 0.25) is 0 Å². The van der Waals surface area contributed by atoms with Gasteiger partial charge in [0.1, 0.15) is 28.8 Å². The van der Waals surface area contributed by atoms with Crippen LogP contribution in [0.5, 0.6) is 5.75 Å². The van der Waals surface area contributed by atoms with Gasteiger partial charge in [-0.1, -0.05) is 0 Å². The molecule has 1 aromatic carbocycles. The maximum atomic E-state index is 12.8. The molecule has 1 aliphatic carbocycles. The summed E-state index contributed by atoms with van der Waals surface area (Å²) in [5, 5.41) is 7.39. The quantitative estimate of drug-likeness (QED) is 0.513. The zero-order chi connectivity index (χ0) is 24.2. The molecule has 0 bridgehead atoms. The Hall–Kier alpha value is -3.62. The van der Waals surface area contributed by atoms with Gasteiger partial charge >= 0.3 is 5.63 Å². The number of aromatic nitrogens is 2. The first-order valence-corrected chi connectivity index (χ1v) is 11.5. The summed E-state index contributed by atoms with van der Waals surface area (Å²) in [6, 6.07) is 9.02. The number of fused-ring (bicyclic) bond motifs is 1. The second kappa shape index (κ2) is 10.1. The molecular weight excluding hydrogens is 434 g/mol. The number of benzene rings is 1. The number of nitrogens with zero attached hydrogens (tertiary/aromatic N) is 3. The van der Waals surface area contributed by atoms with Crippen LogP contribution in [0.25, 0.3) is 11.0 Å². The normalized spacial score (nSPS) is 17.9. The van der Waals surface area contributed by atoms with Gasteiger partial charge in [-0.3, -0.25) is 4.79 Å². The Morgan fingerprint density at radius 1 is 1.12 bits per heavy atom. The third-order valence-corrected chi connectivity index (χ3v) is 6.12. The fraction of sp³-hybridized carbons (Fsp3) is 0.440. The Balaban J connectivity index is 1.33. The number of hydrogen-bond donors (Lipinski definition) is 2. The molecule has 0 unspecified atom stereocenters. The van der Waals surface area contributed by atoms with Gasteiger partial charge in [-0.25, -0.2) is 14.8 Å². The summed E-state index contributed by atoms with van der Waals surface area (Å²) in [4.78, 5) is 35.7. The van der Waals surface area contributed by atoms with E-state index < -0.39 is 5.63 Å². The number of anilines is 2. The van der Waals surface area contributed by atoms with Crippen molar-refractivity contribution in [3.63, 3.8) is 0 Å². The fourth-order valence-corrected chi connectivity index (χ4v) is 4.38. The molecule has 0 aliphatic heterocycles. The molecule has 1 aliphatic rings. The van der Waals surface area contributed by atoms with Crippen molar-refractivity contribution in [2.45, 2.75) is 51.1 Å². The lowest BCUT2D eigenvalue weighted by molar-refractivity contribution is -0.121. The number of aryl methyl sites for hydroxylation is 1. The largest absolute Gasteiger partial charge is 0.497 e. The Kier molecular flexibility index (Phi) is 7.00. The Morgan fingerprint density at radius 3 is 2.56 bits per heavy atom. The molecule has 2 N–H and O–H groups in total. The van der Waals surface area contributed by atoms with Gasteiger partial charge in [-0.05, 0) is 50.3 Å². The SMILES string of the molecule is COc1ccc2c(CC(=O)NC3CCC(Nc4cc(N(C)C)nc(C)n4)CC3)cc(=O)oc2c1. The first-order chi connectivity index (χ1) is 16.3. The minimum Gasteiger partial charge on any atom is -0.497 e. The van der Waals surface area contributed by atoms with Crippen LogP contribution < -0.4 is 25.9 Å². The van der Waals surface area contributed by atoms with Gasteiger partial charge in [0.2, 0.25) is 5.91 Å². The number of carbonyl (C=O) groups is 1. The summed E-state index contributed by atoms with van der Waals surface area (Å²) in [5.41, 5.74) is 0.587. The first-order valence-electron chi connectivity index (χ1n) is 11.5. The summed E-state index contributed by atoms with van der Waals surface area (Å²) in [6.45, 7) is 1.89. The highest BCUT2D eigenvalue weighted by molar-refractivity contribution is 5.87. The molecule has 34 heavy (non-hydrogen) atoms. The molecule has 2 heterocycles. The number of methoxy groups -OCH3 is 1. The lowest BCUT2D eigenvalue weighted by Gasteiger charge is -2.30. The van der Waals surface area contributed by atoms with E-state index >= 15 is 0 Å². The predicted octanol–water partition coefficient (Wildman–Crippen LogP) is 3.05. The van der Waals surface area contributed by atoms with Crippen molar-refractivity contribution in [1.29, 1.82) is 0 Å². The summed E-state index contributed by atoms with van der Waals surface area (Å²) in [5.74, 6) is 2.93. The molecule has 2 aromatic heterocycles. The molecule has 0 atom stereocenters. The van der Waals surface area contributed by atoms with E-state index in [0.29, 0.717) is 22.9 Å². The number of rotatable bonds is 7. The number of nitrogens with one attached hydrogen (secondary N) is 2. The maximum Gasteiger partial charge on any atom is 0.336 e. The zero-order valence-corrected chi connectivity index (χ0v) is 20.1. The number of ether oxygens (including phenoxy) is 1. The van der Waals surface area contributed by atoms with Crippen molar-refractivity contribution >= 4 is 28.5 Å². The van der Waals surface area contributed by atoms with Gasteiger partial charge in [0.25, 0.3) is 0 Å². The third-order valence-electron chi connectivity index (χ3n) is 6.12. The van der Waals surface area contributed by atoms with Crippen molar-refractivity contribution in [2.75, 3.05) is 31.4 Å². The molecule has 4 rings (SSSR count). The molecule has 0 saturated heterocycles. The van der Waals surface area contributed by atoms with Gasteiger partial charge in [0.15, 0.2) is 0 Å². The van der Waals surface area contributed by atoms with Gasteiger partial charge in [0.05, 0.1) is 13.5 Å². The highest BCUT2D eigenvalue weighted by Gasteiger charge is 2.23. The van der Waals surface area contributed by atoms with Crippen LogP contribution in [0.1, 0.15) is 37.1 Å². The summed E-state index contributed by atoms with van der Waals surface area (Å²) in [7, 11) is 5.47. The van der Waals surface area contributed by atoms with Crippen molar-refractivity contribution in [1.82, 2.24) is 15.3 Å². The molecule has 9 nitrogen and oxygen atoms in total. The Bertz CT molecular complexity index is 1230. The monoisotopic (exact) mass is 465 g/mol. The highest BCUT2D eigenvalue weighted by Crippen LogP contribution is 2.25. The zero-order valence-electron chi connectivity index (χ0n) is 20.1. The topological polar surface area (TPSA) is 110 Å². The summed E-state index contributed by atoms with van der Waals surface area (Å²) < 4.78 is 10.5. The smallest absolute Gasteiger partial charge is 0.336 e. The summed E-state index contributed by atoms with van der Waals surface area (Å²) >= 11 is 0. The van der Waals surface area contributed by atoms with E-state index in [9.17, 15) is 9.59 Å².